The minimum Gasteiger partial charge on any atom is -0.370 e. The SMILES string of the molecule is C#CC(C)N=C(N)NC(C)C. The van der Waals surface area contributed by atoms with Crippen LogP contribution in [0.15, 0.2) is 4.99 Å². The van der Waals surface area contributed by atoms with E-state index in [2.05, 4.69) is 16.2 Å². The fraction of sp³-hybridized carbons (Fsp3) is 0.625. The summed E-state index contributed by atoms with van der Waals surface area (Å²) < 4.78 is 0. The maximum atomic E-state index is 5.49. The summed E-state index contributed by atoms with van der Waals surface area (Å²) in [5.74, 6) is 2.87. The van der Waals surface area contributed by atoms with Crippen LogP contribution >= 0.6 is 0 Å². The lowest BCUT2D eigenvalue weighted by atomic mass is 10.4. The second kappa shape index (κ2) is 4.62. The van der Waals surface area contributed by atoms with Gasteiger partial charge >= 0.3 is 0 Å². The third kappa shape index (κ3) is 5.28. The van der Waals surface area contributed by atoms with Gasteiger partial charge in [-0.05, 0) is 20.8 Å². The standard InChI is InChI=1S/C8H15N3/c1-5-7(4)11-8(9)10-6(2)3/h1,6-7H,2-4H3,(H3,9,10,11). The molecule has 0 fully saturated rings. The van der Waals surface area contributed by atoms with Crippen molar-refractivity contribution < 1.29 is 0 Å². The lowest BCUT2D eigenvalue weighted by Crippen LogP contribution is -2.37. The number of hydrogen-bond donors (Lipinski definition) is 2. The van der Waals surface area contributed by atoms with E-state index in [1.54, 1.807) is 0 Å². The van der Waals surface area contributed by atoms with Crippen LogP contribution in [-0.4, -0.2) is 18.0 Å². The molecule has 3 heteroatoms. The summed E-state index contributed by atoms with van der Waals surface area (Å²) in [6.07, 6.45) is 5.11. The number of nitrogens with zero attached hydrogens (tertiary/aromatic N) is 1. The Morgan fingerprint density at radius 3 is 2.45 bits per heavy atom. The Kier molecular flexibility index (Phi) is 4.12. The van der Waals surface area contributed by atoms with Crippen molar-refractivity contribution in [3.05, 3.63) is 0 Å². The average molecular weight is 153 g/mol. The van der Waals surface area contributed by atoms with Crippen LogP contribution in [0.5, 0.6) is 0 Å². The highest BCUT2D eigenvalue weighted by atomic mass is 15.1. The monoisotopic (exact) mass is 153 g/mol. The molecule has 0 aromatic carbocycles. The zero-order chi connectivity index (χ0) is 8.85. The summed E-state index contributed by atoms with van der Waals surface area (Å²) >= 11 is 0. The van der Waals surface area contributed by atoms with Gasteiger partial charge in [-0.15, -0.1) is 6.42 Å². The Bertz CT molecular complexity index is 176. The Labute approximate surface area is 68.1 Å². The average Bonchev–Trinajstić information content (AvgIpc) is 1.85. The largest absolute Gasteiger partial charge is 0.370 e. The molecule has 0 aliphatic rings. The van der Waals surface area contributed by atoms with Crippen LogP contribution in [-0.2, 0) is 0 Å². The van der Waals surface area contributed by atoms with E-state index in [0.717, 1.165) is 0 Å². The van der Waals surface area contributed by atoms with Crippen molar-refractivity contribution >= 4 is 5.96 Å². The second-order valence-corrected chi connectivity index (χ2v) is 2.66. The highest BCUT2D eigenvalue weighted by Crippen LogP contribution is 1.84. The van der Waals surface area contributed by atoms with Crippen molar-refractivity contribution in [3.8, 4) is 12.3 Å². The fourth-order valence-electron chi connectivity index (χ4n) is 0.579. The Morgan fingerprint density at radius 1 is 1.55 bits per heavy atom. The molecule has 0 saturated carbocycles. The van der Waals surface area contributed by atoms with Gasteiger partial charge in [-0.3, -0.25) is 0 Å². The summed E-state index contributed by atoms with van der Waals surface area (Å²) in [7, 11) is 0. The summed E-state index contributed by atoms with van der Waals surface area (Å²) in [6, 6.07) is 0.143. The molecule has 0 aromatic heterocycles. The van der Waals surface area contributed by atoms with E-state index < -0.39 is 0 Å². The first-order chi connectivity index (χ1) is 5.06. The lowest BCUT2D eigenvalue weighted by molar-refractivity contribution is 0.721. The first-order valence-electron chi connectivity index (χ1n) is 3.62. The van der Waals surface area contributed by atoms with Gasteiger partial charge in [0.25, 0.3) is 0 Å². The van der Waals surface area contributed by atoms with Crippen molar-refractivity contribution in [1.29, 1.82) is 0 Å². The van der Waals surface area contributed by atoms with Crippen LogP contribution in [0.4, 0.5) is 0 Å². The molecule has 3 N–H and O–H groups in total. The molecule has 1 unspecified atom stereocenters. The van der Waals surface area contributed by atoms with Crippen LogP contribution in [0, 0.1) is 12.3 Å². The van der Waals surface area contributed by atoms with Crippen molar-refractivity contribution in [1.82, 2.24) is 5.32 Å². The molecular formula is C8H15N3. The molecule has 0 heterocycles. The minimum atomic E-state index is -0.152. The van der Waals surface area contributed by atoms with Gasteiger partial charge in [0.05, 0.1) is 0 Å². The first kappa shape index (κ1) is 9.83. The summed E-state index contributed by atoms with van der Waals surface area (Å²) in [6.45, 7) is 5.79. The molecule has 0 amide bonds. The zero-order valence-corrected chi connectivity index (χ0v) is 7.26. The third-order valence-corrected chi connectivity index (χ3v) is 1.01. The van der Waals surface area contributed by atoms with Gasteiger partial charge in [0.15, 0.2) is 5.96 Å². The molecule has 1 atom stereocenters. The molecule has 3 nitrogen and oxygen atoms in total. The van der Waals surface area contributed by atoms with E-state index in [1.165, 1.54) is 0 Å². The van der Waals surface area contributed by atoms with Crippen molar-refractivity contribution in [2.75, 3.05) is 0 Å². The predicted molar refractivity (Wildman–Crippen MR) is 48.2 cm³/mol. The molecule has 0 spiro atoms. The van der Waals surface area contributed by atoms with Crippen LogP contribution in [0.25, 0.3) is 0 Å². The van der Waals surface area contributed by atoms with E-state index >= 15 is 0 Å². The minimum absolute atomic E-state index is 0.152. The summed E-state index contributed by atoms with van der Waals surface area (Å²) in [5, 5.41) is 2.94. The van der Waals surface area contributed by atoms with Gasteiger partial charge in [0.2, 0.25) is 0 Å². The lowest BCUT2D eigenvalue weighted by Gasteiger charge is -2.08. The molecule has 0 saturated heterocycles. The quantitative estimate of drug-likeness (QED) is 0.341. The van der Waals surface area contributed by atoms with Gasteiger partial charge in [0, 0.05) is 6.04 Å². The zero-order valence-electron chi connectivity index (χ0n) is 7.26. The highest BCUT2D eigenvalue weighted by Gasteiger charge is 1.96. The molecule has 62 valence electrons. The number of rotatable bonds is 2. The van der Waals surface area contributed by atoms with Crippen molar-refractivity contribution in [3.63, 3.8) is 0 Å². The third-order valence-electron chi connectivity index (χ3n) is 1.01. The molecule has 0 aliphatic heterocycles. The Morgan fingerprint density at radius 2 is 2.09 bits per heavy atom. The topological polar surface area (TPSA) is 50.4 Å². The Hall–Kier alpha value is -1.17. The number of aliphatic imine (C=N–C) groups is 1. The van der Waals surface area contributed by atoms with E-state index in [1.807, 2.05) is 20.8 Å². The number of nitrogens with two attached hydrogens (primary N) is 1. The van der Waals surface area contributed by atoms with Gasteiger partial charge in [-0.1, -0.05) is 5.92 Å². The predicted octanol–water partition coefficient (Wildman–Crippen LogP) is 0.321. The number of terminal acetylenes is 1. The summed E-state index contributed by atoms with van der Waals surface area (Å²) in [4.78, 5) is 3.98. The van der Waals surface area contributed by atoms with E-state index in [9.17, 15) is 0 Å². The number of nitrogens with one attached hydrogen (secondary N) is 1. The number of hydrogen-bond acceptors (Lipinski definition) is 1. The van der Waals surface area contributed by atoms with Crippen molar-refractivity contribution in [2.45, 2.75) is 32.9 Å². The maximum absolute atomic E-state index is 5.49. The van der Waals surface area contributed by atoms with Gasteiger partial charge < -0.3 is 11.1 Å². The van der Waals surface area contributed by atoms with Crippen LogP contribution < -0.4 is 11.1 Å². The first-order valence-corrected chi connectivity index (χ1v) is 3.62. The normalized spacial score (nSPS) is 14.3. The molecule has 0 rings (SSSR count). The fourth-order valence-corrected chi connectivity index (χ4v) is 0.579. The Balaban J connectivity index is 3.92. The van der Waals surface area contributed by atoms with E-state index in [0.29, 0.717) is 12.0 Å². The van der Waals surface area contributed by atoms with Gasteiger partial charge in [-0.2, -0.15) is 0 Å². The molecular weight excluding hydrogens is 138 g/mol. The summed E-state index contributed by atoms with van der Waals surface area (Å²) in [5.41, 5.74) is 5.49. The number of guanidine groups is 1. The van der Waals surface area contributed by atoms with E-state index in [4.69, 9.17) is 12.2 Å². The van der Waals surface area contributed by atoms with Crippen LogP contribution in [0.1, 0.15) is 20.8 Å². The molecule has 0 aromatic rings. The van der Waals surface area contributed by atoms with Crippen molar-refractivity contribution in [2.24, 2.45) is 10.7 Å². The van der Waals surface area contributed by atoms with Gasteiger partial charge in [-0.25, -0.2) is 4.99 Å². The maximum Gasteiger partial charge on any atom is 0.190 e. The molecule has 0 aliphatic carbocycles. The molecule has 11 heavy (non-hydrogen) atoms. The molecule has 0 radical (unpaired) electrons. The van der Waals surface area contributed by atoms with Gasteiger partial charge in [0.1, 0.15) is 6.04 Å². The smallest absolute Gasteiger partial charge is 0.190 e. The molecule has 0 bridgehead atoms. The highest BCUT2D eigenvalue weighted by molar-refractivity contribution is 5.78. The second-order valence-electron chi connectivity index (χ2n) is 2.66. The van der Waals surface area contributed by atoms with E-state index in [-0.39, 0.29) is 6.04 Å². The van der Waals surface area contributed by atoms with Crippen LogP contribution in [0.3, 0.4) is 0 Å². The van der Waals surface area contributed by atoms with Crippen LogP contribution in [0.2, 0.25) is 0 Å².